The molecule has 5 nitrogen and oxygen atoms in total. The first-order chi connectivity index (χ1) is 10.0. The van der Waals surface area contributed by atoms with Gasteiger partial charge in [0.25, 0.3) is 0 Å². The Balaban J connectivity index is 2.16. The molecule has 114 valence electrons. The smallest absolute Gasteiger partial charge is 0.227 e. The first-order valence-corrected chi connectivity index (χ1v) is 7.47. The average Bonchev–Trinajstić information content (AvgIpc) is 2.90. The Bertz CT molecular complexity index is 548. The highest BCUT2D eigenvalue weighted by molar-refractivity contribution is 6.31. The van der Waals surface area contributed by atoms with E-state index in [0.717, 1.165) is 19.3 Å². The molecule has 1 aliphatic carbocycles. The number of hydrogen-bond acceptors (Lipinski definition) is 3. The Morgan fingerprint density at radius 3 is 2.71 bits per heavy atom. The molecule has 1 fully saturated rings. The molecule has 0 radical (unpaired) electrons. The fourth-order valence-corrected chi connectivity index (χ4v) is 2.98. The monoisotopic (exact) mass is 309 g/mol. The van der Waals surface area contributed by atoms with Gasteiger partial charge in [0.2, 0.25) is 11.8 Å². The number of benzene rings is 1. The summed E-state index contributed by atoms with van der Waals surface area (Å²) in [5, 5.41) is 6.06. The van der Waals surface area contributed by atoms with E-state index in [2.05, 4.69) is 10.6 Å². The van der Waals surface area contributed by atoms with Crippen molar-refractivity contribution in [3.63, 3.8) is 0 Å². The van der Waals surface area contributed by atoms with E-state index < -0.39 is 0 Å². The Hall–Kier alpha value is -1.59. The van der Waals surface area contributed by atoms with E-state index >= 15 is 0 Å². The van der Waals surface area contributed by atoms with Crippen LogP contribution < -0.4 is 16.4 Å². The van der Waals surface area contributed by atoms with Crippen molar-refractivity contribution in [3.8, 4) is 0 Å². The van der Waals surface area contributed by atoms with Gasteiger partial charge in [0.05, 0.1) is 11.4 Å². The molecule has 0 heterocycles. The van der Waals surface area contributed by atoms with Crippen LogP contribution in [0.25, 0.3) is 0 Å². The van der Waals surface area contributed by atoms with Crippen LogP contribution in [0.15, 0.2) is 18.2 Å². The summed E-state index contributed by atoms with van der Waals surface area (Å²) >= 11 is 5.97. The SMILES string of the molecule is CC(=O)Nc1ccc(Cl)cc1NC(=O)[C@@H]1CCC[C@@H]1CN. The Morgan fingerprint density at radius 2 is 2.05 bits per heavy atom. The number of halogens is 1. The van der Waals surface area contributed by atoms with Crippen molar-refractivity contribution >= 4 is 34.8 Å². The molecular weight excluding hydrogens is 290 g/mol. The molecule has 1 saturated carbocycles. The zero-order valence-corrected chi connectivity index (χ0v) is 12.7. The van der Waals surface area contributed by atoms with Gasteiger partial charge in [-0.1, -0.05) is 18.0 Å². The van der Waals surface area contributed by atoms with Gasteiger partial charge < -0.3 is 16.4 Å². The quantitative estimate of drug-likeness (QED) is 0.799. The summed E-state index contributed by atoms with van der Waals surface area (Å²) in [6.45, 7) is 1.94. The number of hydrogen-bond donors (Lipinski definition) is 3. The molecule has 0 bridgehead atoms. The predicted octanol–water partition coefficient (Wildman–Crippen LogP) is 2.61. The second-order valence-electron chi connectivity index (χ2n) is 5.39. The van der Waals surface area contributed by atoms with Crippen LogP contribution in [0.4, 0.5) is 11.4 Å². The van der Waals surface area contributed by atoms with Gasteiger partial charge in [0, 0.05) is 17.9 Å². The minimum atomic E-state index is -0.200. The van der Waals surface area contributed by atoms with Crippen molar-refractivity contribution in [2.75, 3.05) is 17.2 Å². The molecule has 0 spiro atoms. The molecule has 1 aromatic carbocycles. The topological polar surface area (TPSA) is 84.2 Å². The summed E-state index contributed by atoms with van der Waals surface area (Å²) in [6.07, 6.45) is 2.86. The van der Waals surface area contributed by atoms with Crippen LogP contribution in [0.2, 0.25) is 5.02 Å². The fourth-order valence-electron chi connectivity index (χ4n) is 2.81. The molecule has 4 N–H and O–H groups in total. The van der Waals surface area contributed by atoms with Gasteiger partial charge in [-0.05, 0) is 43.5 Å². The van der Waals surface area contributed by atoms with Crippen LogP contribution in [0, 0.1) is 11.8 Å². The van der Waals surface area contributed by atoms with Crippen molar-refractivity contribution in [3.05, 3.63) is 23.2 Å². The lowest BCUT2D eigenvalue weighted by Crippen LogP contribution is -2.30. The standard InChI is InChI=1S/C15H20ClN3O2/c1-9(20)18-13-6-5-11(16)7-14(13)19-15(21)12-4-2-3-10(12)8-17/h5-7,10,12H,2-4,8,17H2,1H3,(H,18,20)(H,19,21)/t10-,12-/m1/s1. The van der Waals surface area contributed by atoms with E-state index in [4.69, 9.17) is 17.3 Å². The second kappa shape index (κ2) is 6.91. The minimum Gasteiger partial charge on any atom is -0.330 e. The third-order valence-electron chi connectivity index (χ3n) is 3.85. The number of amides is 2. The normalized spacial score (nSPS) is 21.1. The molecule has 0 aliphatic heterocycles. The van der Waals surface area contributed by atoms with Crippen LogP contribution in [0.5, 0.6) is 0 Å². The van der Waals surface area contributed by atoms with E-state index in [-0.39, 0.29) is 23.7 Å². The fraction of sp³-hybridized carbons (Fsp3) is 0.467. The number of rotatable bonds is 4. The average molecular weight is 310 g/mol. The highest BCUT2D eigenvalue weighted by Gasteiger charge is 2.32. The van der Waals surface area contributed by atoms with Gasteiger partial charge in [0.15, 0.2) is 0 Å². The molecule has 2 rings (SSSR count). The lowest BCUT2D eigenvalue weighted by atomic mass is 9.95. The second-order valence-corrected chi connectivity index (χ2v) is 5.83. The summed E-state index contributed by atoms with van der Waals surface area (Å²) in [5.41, 5.74) is 6.78. The first kappa shape index (κ1) is 15.8. The molecule has 0 unspecified atom stereocenters. The summed E-state index contributed by atoms with van der Waals surface area (Å²) in [5.74, 6) is -0.0992. The highest BCUT2D eigenvalue weighted by atomic mass is 35.5. The maximum atomic E-state index is 12.4. The van der Waals surface area contributed by atoms with Crippen LogP contribution in [-0.4, -0.2) is 18.4 Å². The van der Waals surface area contributed by atoms with Crippen LogP contribution in [0.1, 0.15) is 26.2 Å². The van der Waals surface area contributed by atoms with E-state index in [1.807, 2.05) is 0 Å². The van der Waals surface area contributed by atoms with Crippen LogP contribution >= 0.6 is 11.6 Å². The van der Waals surface area contributed by atoms with Crippen LogP contribution in [0.3, 0.4) is 0 Å². The third kappa shape index (κ3) is 3.95. The van der Waals surface area contributed by atoms with Gasteiger partial charge in [-0.2, -0.15) is 0 Å². The van der Waals surface area contributed by atoms with Crippen molar-refractivity contribution in [1.82, 2.24) is 0 Å². The van der Waals surface area contributed by atoms with E-state index in [0.29, 0.717) is 22.9 Å². The van der Waals surface area contributed by atoms with E-state index in [1.54, 1.807) is 18.2 Å². The van der Waals surface area contributed by atoms with E-state index in [9.17, 15) is 9.59 Å². The van der Waals surface area contributed by atoms with Gasteiger partial charge in [-0.25, -0.2) is 0 Å². The number of carbonyl (C=O) groups is 2. The summed E-state index contributed by atoms with van der Waals surface area (Å²) in [6, 6.07) is 4.98. The number of nitrogens with one attached hydrogen (secondary N) is 2. The lowest BCUT2D eigenvalue weighted by Gasteiger charge is -2.19. The molecule has 2 atom stereocenters. The predicted molar refractivity (Wildman–Crippen MR) is 84.3 cm³/mol. The molecule has 0 aromatic heterocycles. The van der Waals surface area contributed by atoms with Gasteiger partial charge in [0.1, 0.15) is 0 Å². The van der Waals surface area contributed by atoms with Crippen molar-refractivity contribution in [1.29, 1.82) is 0 Å². The summed E-state index contributed by atoms with van der Waals surface area (Å²) in [7, 11) is 0. The first-order valence-electron chi connectivity index (χ1n) is 7.09. The van der Waals surface area contributed by atoms with Crippen LogP contribution in [-0.2, 0) is 9.59 Å². The lowest BCUT2D eigenvalue weighted by molar-refractivity contribution is -0.120. The van der Waals surface area contributed by atoms with E-state index in [1.165, 1.54) is 6.92 Å². The van der Waals surface area contributed by atoms with Crippen molar-refractivity contribution in [2.45, 2.75) is 26.2 Å². The largest absolute Gasteiger partial charge is 0.330 e. The van der Waals surface area contributed by atoms with Gasteiger partial charge in [-0.3, -0.25) is 9.59 Å². The Morgan fingerprint density at radius 1 is 1.29 bits per heavy atom. The Kier molecular flexibility index (Phi) is 5.20. The van der Waals surface area contributed by atoms with Crippen molar-refractivity contribution < 1.29 is 9.59 Å². The maximum Gasteiger partial charge on any atom is 0.227 e. The molecular formula is C15H20ClN3O2. The number of anilines is 2. The molecule has 1 aliphatic rings. The molecule has 6 heteroatoms. The molecule has 1 aromatic rings. The van der Waals surface area contributed by atoms with Gasteiger partial charge in [-0.15, -0.1) is 0 Å². The molecule has 21 heavy (non-hydrogen) atoms. The van der Waals surface area contributed by atoms with Gasteiger partial charge >= 0.3 is 0 Å². The summed E-state index contributed by atoms with van der Waals surface area (Å²) < 4.78 is 0. The number of carbonyl (C=O) groups excluding carboxylic acids is 2. The molecule has 0 saturated heterocycles. The minimum absolute atomic E-state index is 0.0585. The zero-order chi connectivity index (χ0) is 15.4. The molecule has 2 amide bonds. The summed E-state index contributed by atoms with van der Waals surface area (Å²) in [4.78, 5) is 23.6. The highest BCUT2D eigenvalue weighted by Crippen LogP contribution is 2.33. The third-order valence-corrected chi connectivity index (χ3v) is 4.08. The zero-order valence-electron chi connectivity index (χ0n) is 12.0. The Labute approximate surface area is 129 Å². The maximum absolute atomic E-state index is 12.4. The number of nitrogens with two attached hydrogens (primary N) is 1. The van der Waals surface area contributed by atoms with Crippen molar-refractivity contribution in [2.24, 2.45) is 17.6 Å².